The molecule has 1 rings (SSSR count). The van der Waals surface area contributed by atoms with Crippen molar-refractivity contribution in [2.24, 2.45) is 5.73 Å². The minimum Gasteiger partial charge on any atom is -0.392 e. The van der Waals surface area contributed by atoms with E-state index in [-0.39, 0.29) is 10.7 Å². The number of thiocarbonyl (C=S) groups is 1. The van der Waals surface area contributed by atoms with Crippen LogP contribution < -0.4 is 10.5 Å². The molecule has 0 aliphatic carbocycles. The lowest BCUT2D eigenvalue weighted by Gasteiger charge is -2.08. The fourth-order valence-corrected chi connectivity index (χ4v) is 3.07. The highest BCUT2D eigenvalue weighted by atomic mass is 127. The first-order chi connectivity index (χ1) is 6.91. The summed E-state index contributed by atoms with van der Waals surface area (Å²) >= 11 is 6.59. The number of nitrogens with one attached hydrogen (secondary N) is 1. The molecule has 0 spiro atoms. The predicted molar refractivity (Wildman–Crippen MR) is 73.4 cm³/mol. The summed E-state index contributed by atoms with van der Waals surface area (Å²) in [4.78, 5) is -0.0477. The van der Waals surface area contributed by atoms with Gasteiger partial charge in [0.1, 0.15) is 5.75 Å². The first-order valence-electron chi connectivity index (χ1n) is 3.94. The zero-order valence-electron chi connectivity index (χ0n) is 7.60. The molecule has 0 amide bonds. The van der Waals surface area contributed by atoms with Crippen molar-refractivity contribution < 1.29 is 8.42 Å². The van der Waals surface area contributed by atoms with E-state index in [4.69, 9.17) is 5.73 Å². The number of nitrogens with two attached hydrogens (primary N) is 1. The van der Waals surface area contributed by atoms with Gasteiger partial charge in [-0.05, 0) is 34.7 Å². The van der Waals surface area contributed by atoms with Crippen LogP contribution in [0.2, 0.25) is 0 Å². The fraction of sp³-hybridized carbons (Fsp3) is 0.125. The maximum absolute atomic E-state index is 11.5. The Hall–Kier alpha value is -0.410. The van der Waals surface area contributed by atoms with E-state index in [1.165, 1.54) is 0 Å². The average molecular weight is 356 g/mol. The highest BCUT2D eigenvalue weighted by Crippen LogP contribution is 2.18. The highest BCUT2D eigenvalue weighted by Gasteiger charge is 2.12. The third kappa shape index (κ3) is 4.31. The summed E-state index contributed by atoms with van der Waals surface area (Å²) in [5.41, 5.74) is 5.72. The van der Waals surface area contributed by atoms with Crippen LogP contribution in [0.4, 0.5) is 5.69 Å². The molecule has 0 saturated carbocycles. The number of para-hydroxylation sites is 1. The summed E-state index contributed by atoms with van der Waals surface area (Å²) in [6, 6.07) is 7.06. The van der Waals surface area contributed by atoms with Gasteiger partial charge in [0, 0.05) is 3.57 Å². The van der Waals surface area contributed by atoms with Crippen LogP contribution in [0, 0.1) is 3.57 Å². The van der Waals surface area contributed by atoms with Gasteiger partial charge >= 0.3 is 0 Å². The Balaban J connectivity index is 2.87. The minimum atomic E-state index is -3.48. The van der Waals surface area contributed by atoms with Gasteiger partial charge in [-0.1, -0.05) is 24.4 Å². The maximum atomic E-state index is 11.5. The van der Waals surface area contributed by atoms with Crippen LogP contribution >= 0.6 is 34.8 Å². The van der Waals surface area contributed by atoms with Crippen LogP contribution in [-0.2, 0) is 10.0 Å². The smallest absolute Gasteiger partial charge is 0.239 e. The first kappa shape index (κ1) is 12.7. The zero-order valence-corrected chi connectivity index (χ0v) is 11.4. The van der Waals surface area contributed by atoms with Crippen LogP contribution in [0.1, 0.15) is 0 Å². The van der Waals surface area contributed by atoms with Gasteiger partial charge in [-0.3, -0.25) is 4.72 Å². The second-order valence-electron chi connectivity index (χ2n) is 2.81. The maximum Gasteiger partial charge on any atom is 0.239 e. The van der Waals surface area contributed by atoms with Crippen molar-refractivity contribution >= 4 is 55.5 Å². The van der Waals surface area contributed by atoms with Gasteiger partial charge < -0.3 is 5.73 Å². The number of rotatable bonds is 4. The van der Waals surface area contributed by atoms with E-state index in [1.807, 2.05) is 28.7 Å². The monoisotopic (exact) mass is 356 g/mol. The number of benzene rings is 1. The Labute approximate surface area is 107 Å². The molecule has 15 heavy (non-hydrogen) atoms. The van der Waals surface area contributed by atoms with E-state index in [9.17, 15) is 8.42 Å². The molecule has 0 heterocycles. The Morgan fingerprint density at radius 2 is 2.07 bits per heavy atom. The molecule has 0 atom stereocenters. The van der Waals surface area contributed by atoms with Crippen molar-refractivity contribution in [2.45, 2.75) is 0 Å². The third-order valence-corrected chi connectivity index (χ3v) is 3.96. The van der Waals surface area contributed by atoms with Gasteiger partial charge in [-0.2, -0.15) is 0 Å². The second-order valence-corrected chi connectivity index (χ2v) is 6.22. The Bertz CT molecular complexity index is 473. The highest BCUT2D eigenvalue weighted by molar-refractivity contribution is 14.1. The van der Waals surface area contributed by atoms with E-state index in [1.54, 1.807) is 18.2 Å². The Kier molecular flexibility index (Phi) is 4.29. The molecule has 0 unspecified atom stereocenters. The van der Waals surface area contributed by atoms with Gasteiger partial charge in [0.25, 0.3) is 0 Å². The molecule has 0 aromatic heterocycles. The predicted octanol–water partition coefficient (Wildman–Crippen LogP) is 1.32. The third-order valence-electron chi connectivity index (χ3n) is 1.47. The number of anilines is 1. The Morgan fingerprint density at radius 3 is 2.60 bits per heavy atom. The van der Waals surface area contributed by atoms with E-state index in [0.717, 1.165) is 3.57 Å². The second kappa shape index (κ2) is 5.08. The van der Waals surface area contributed by atoms with Crippen molar-refractivity contribution in [1.82, 2.24) is 0 Å². The van der Waals surface area contributed by atoms with Crippen molar-refractivity contribution in [1.29, 1.82) is 0 Å². The van der Waals surface area contributed by atoms with E-state index >= 15 is 0 Å². The van der Waals surface area contributed by atoms with Crippen molar-refractivity contribution in [2.75, 3.05) is 10.5 Å². The van der Waals surface area contributed by atoms with Gasteiger partial charge in [-0.25, -0.2) is 8.42 Å². The first-order valence-corrected chi connectivity index (χ1v) is 7.08. The number of halogens is 1. The summed E-state index contributed by atoms with van der Waals surface area (Å²) in [5, 5.41) is 0. The summed E-state index contributed by atoms with van der Waals surface area (Å²) in [7, 11) is -3.48. The summed E-state index contributed by atoms with van der Waals surface area (Å²) in [5.74, 6) is -0.340. The lowest BCUT2D eigenvalue weighted by molar-refractivity contribution is 0.605. The molecule has 0 aliphatic rings. The van der Waals surface area contributed by atoms with E-state index in [2.05, 4.69) is 16.9 Å². The topological polar surface area (TPSA) is 72.2 Å². The molecule has 3 N–H and O–H groups in total. The van der Waals surface area contributed by atoms with Gasteiger partial charge in [-0.15, -0.1) is 0 Å². The van der Waals surface area contributed by atoms with E-state index in [0.29, 0.717) is 5.69 Å². The quantitative estimate of drug-likeness (QED) is 0.631. The molecule has 0 radical (unpaired) electrons. The molecule has 0 saturated heterocycles. The van der Waals surface area contributed by atoms with Crippen LogP contribution in [0.15, 0.2) is 24.3 Å². The van der Waals surface area contributed by atoms with Crippen LogP contribution in [0.3, 0.4) is 0 Å². The molecule has 1 aromatic carbocycles. The standard InChI is InChI=1S/C8H9IN2O2S2/c9-6-3-1-2-4-7(6)11-15(12,13)5-8(10)14/h1-4,11H,5H2,(H2,10,14). The van der Waals surface area contributed by atoms with Crippen molar-refractivity contribution in [3.8, 4) is 0 Å². The normalized spacial score (nSPS) is 11.0. The molecule has 1 aromatic rings. The summed E-state index contributed by atoms with van der Waals surface area (Å²) < 4.78 is 26.2. The number of sulfonamides is 1. The number of hydrogen-bond donors (Lipinski definition) is 2. The number of hydrogen-bond acceptors (Lipinski definition) is 3. The SMILES string of the molecule is NC(=S)CS(=O)(=O)Nc1ccccc1I. The fourth-order valence-electron chi connectivity index (χ4n) is 0.935. The molecular formula is C8H9IN2O2S2. The average Bonchev–Trinajstić information content (AvgIpc) is 2.06. The van der Waals surface area contributed by atoms with E-state index < -0.39 is 10.0 Å². The molecule has 0 bridgehead atoms. The lowest BCUT2D eigenvalue weighted by atomic mass is 10.3. The largest absolute Gasteiger partial charge is 0.392 e. The molecule has 4 nitrogen and oxygen atoms in total. The minimum absolute atomic E-state index is 0.0477. The Morgan fingerprint density at radius 1 is 1.47 bits per heavy atom. The van der Waals surface area contributed by atoms with Gasteiger partial charge in [0.15, 0.2) is 0 Å². The molecule has 0 aliphatic heterocycles. The molecular weight excluding hydrogens is 347 g/mol. The summed E-state index contributed by atoms with van der Waals surface area (Å²) in [6.07, 6.45) is 0. The van der Waals surface area contributed by atoms with Crippen LogP contribution in [0.5, 0.6) is 0 Å². The molecule has 0 fully saturated rings. The lowest BCUT2D eigenvalue weighted by Crippen LogP contribution is -2.26. The van der Waals surface area contributed by atoms with Gasteiger partial charge in [0.05, 0.1) is 10.7 Å². The van der Waals surface area contributed by atoms with Crippen LogP contribution in [0.25, 0.3) is 0 Å². The molecule has 82 valence electrons. The summed E-state index contributed by atoms with van der Waals surface area (Å²) in [6.45, 7) is 0. The molecule has 7 heteroatoms. The van der Waals surface area contributed by atoms with Crippen molar-refractivity contribution in [3.63, 3.8) is 0 Å². The van der Waals surface area contributed by atoms with Crippen molar-refractivity contribution in [3.05, 3.63) is 27.8 Å². The van der Waals surface area contributed by atoms with Gasteiger partial charge in [0.2, 0.25) is 10.0 Å². The zero-order chi connectivity index (χ0) is 11.5. The van der Waals surface area contributed by atoms with Crippen LogP contribution in [-0.4, -0.2) is 19.2 Å².